The van der Waals surface area contributed by atoms with E-state index in [9.17, 15) is 9.59 Å². The monoisotopic (exact) mass is 259 g/mol. The molecule has 1 N–H and O–H groups in total. The van der Waals surface area contributed by atoms with Crippen molar-refractivity contribution in [3.8, 4) is 0 Å². The van der Waals surface area contributed by atoms with Crippen LogP contribution in [0.3, 0.4) is 0 Å². The van der Waals surface area contributed by atoms with Crippen molar-refractivity contribution in [1.29, 1.82) is 0 Å². The quantitative estimate of drug-likeness (QED) is 0.752. The fraction of sp³-hybridized carbons (Fsp3) is 0.833. The van der Waals surface area contributed by atoms with Crippen molar-refractivity contribution in [3.05, 3.63) is 0 Å². The van der Waals surface area contributed by atoms with E-state index in [1.54, 1.807) is 4.90 Å². The molecule has 1 heterocycles. The number of ether oxygens (including phenoxy) is 2. The van der Waals surface area contributed by atoms with Crippen LogP contribution in [0.15, 0.2) is 0 Å². The first kappa shape index (κ1) is 14.9. The summed E-state index contributed by atoms with van der Waals surface area (Å²) < 4.78 is 10.6. The summed E-state index contributed by atoms with van der Waals surface area (Å²) in [6, 6.07) is 0.0248. The van der Waals surface area contributed by atoms with Crippen LogP contribution in [-0.2, 0) is 19.1 Å². The molecule has 1 saturated heterocycles. The highest BCUT2D eigenvalue weighted by molar-refractivity contribution is 5.81. The lowest BCUT2D eigenvalue weighted by Gasteiger charge is -2.32. The van der Waals surface area contributed by atoms with E-state index in [1.165, 1.54) is 0 Å². The lowest BCUT2D eigenvalue weighted by molar-refractivity contribution is -0.160. The molecule has 0 aromatic rings. The van der Waals surface area contributed by atoms with E-state index in [1.807, 2.05) is 13.8 Å². The smallest absolute Gasteiger partial charge is 0.303 e. The average molecular weight is 259 g/mol. The number of carboxylic acid groups (broad SMARTS) is 1. The Morgan fingerprint density at radius 3 is 2.61 bits per heavy atom. The first-order chi connectivity index (χ1) is 8.52. The number of nitrogens with zero attached hydrogens (tertiary/aromatic N) is 1. The molecule has 1 fully saturated rings. The molecule has 0 spiro atoms. The van der Waals surface area contributed by atoms with Crippen LogP contribution in [0.1, 0.15) is 26.7 Å². The fourth-order valence-electron chi connectivity index (χ4n) is 1.84. The largest absolute Gasteiger partial charge is 0.481 e. The van der Waals surface area contributed by atoms with Gasteiger partial charge in [-0.15, -0.1) is 0 Å². The number of carbonyl (C=O) groups excluding carboxylic acids is 1. The fourth-order valence-corrected chi connectivity index (χ4v) is 1.84. The second-order valence-corrected chi connectivity index (χ2v) is 4.56. The Bertz CT molecular complexity index is 286. The van der Waals surface area contributed by atoms with Crippen molar-refractivity contribution in [2.24, 2.45) is 0 Å². The van der Waals surface area contributed by atoms with Crippen LogP contribution in [0.4, 0.5) is 0 Å². The first-order valence-corrected chi connectivity index (χ1v) is 6.24. The molecule has 0 saturated carbocycles. The van der Waals surface area contributed by atoms with E-state index < -0.39 is 12.1 Å². The number of hydrogen-bond acceptors (Lipinski definition) is 4. The van der Waals surface area contributed by atoms with Crippen molar-refractivity contribution < 1.29 is 24.2 Å². The maximum Gasteiger partial charge on any atom is 0.303 e. The normalized spacial score (nSPS) is 19.8. The topological polar surface area (TPSA) is 76.1 Å². The molecule has 0 aliphatic carbocycles. The number of carbonyl (C=O) groups is 2. The summed E-state index contributed by atoms with van der Waals surface area (Å²) in [6.07, 6.45) is -0.0308. The van der Waals surface area contributed by atoms with Crippen LogP contribution in [0, 0.1) is 0 Å². The Morgan fingerprint density at radius 2 is 2.11 bits per heavy atom. The lowest BCUT2D eigenvalue weighted by Crippen LogP contribution is -2.48. The highest BCUT2D eigenvalue weighted by atomic mass is 16.6. The van der Waals surface area contributed by atoms with Gasteiger partial charge in [-0.1, -0.05) is 0 Å². The predicted molar refractivity (Wildman–Crippen MR) is 64.3 cm³/mol. The Hall–Kier alpha value is -1.14. The molecule has 1 aliphatic rings. The zero-order chi connectivity index (χ0) is 13.5. The summed E-state index contributed by atoms with van der Waals surface area (Å²) in [7, 11) is 0. The molecule has 1 amide bonds. The Balaban J connectivity index is 2.48. The molecule has 104 valence electrons. The van der Waals surface area contributed by atoms with Crippen LogP contribution >= 0.6 is 0 Å². The molecule has 0 bridgehead atoms. The van der Waals surface area contributed by atoms with E-state index in [0.29, 0.717) is 26.2 Å². The molecule has 0 radical (unpaired) electrons. The lowest BCUT2D eigenvalue weighted by atomic mass is 10.2. The number of amides is 1. The van der Waals surface area contributed by atoms with Gasteiger partial charge in [0.2, 0.25) is 0 Å². The summed E-state index contributed by atoms with van der Waals surface area (Å²) in [5.41, 5.74) is 0. The molecule has 1 unspecified atom stereocenters. The van der Waals surface area contributed by atoms with E-state index >= 15 is 0 Å². The van der Waals surface area contributed by atoms with Crippen LogP contribution in [0.2, 0.25) is 0 Å². The first-order valence-electron chi connectivity index (χ1n) is 6.24. The SMILES string of the molecule is CC(C)N(CCCC(=O)O)C(=O)C1COCCO1. The molecule has 1 rings (SSSR count). The average Bonchev–Trinajstić information content (AvgIpc) is 2.34. The highest BCUT2D eigenvalue weighted by Crippen LogP contribution is 2.10. The summed E-state index contributed by atoms with van der Waals surface area (Å²) in [6.45, 7) is 5.47. The molecule has 1 aliphatic heterocycles. The van der Waals surface area contributed by atoms with Gasteiger partial charge in [0.1, 0.15) is 0 Å². The standard InChI is InChI=1S/C12H21NO5/c1-9(2)13(5-3-4-11(14)15)12(16)10-8-17-6-7-18-10/h9-10H,3-8H2,1-2H3,(H,14,15). The summed E-state index contributed by atoms with van der Waals surface area (Å²) in [5, 5.41) is 8.60. The van der Waals surface area contributed by atoms with Gasteiger partial charge in [-0.3, -0.25) is 9.59 Å². The third kappa shape index (κ3) is 4.62. The molecule has 0 aromatic heterocycles. The van der Waals surface area contributed by atoms with Gasteiger partial charge in [0.15, 0.2) is 6.10 Å². The maximum absolute atomic E-state index is 12.2. The van der Waals surface area contributed by atoms with Crippen molar-refractivity contribution in [1.82, 2.24) is 4.90 Å². The molecular formula is C12H21NO5. The van der Waals surface area contributed by atoms with Crippen molar-refractivity contribution in [2.75, 3.05) is 26.4 Å². The van der Waals surface area contributed by atoms with Crippen molar-refractivity contribution in [2.45, 2.75) is 38.8 Å². The highest BCUT2D eigenvalue weighted by Gasteiger charge is 2.28. The Morgan fingerprint density at radius 1 is 1.39 bits per heavy atom. The van der Waals surface area contributed by atoms with E-state index in [-0.39, 0.29) is 25.0 Å². The minimum atomic E-state index is -0.844. The van der Waals surface area contributed by atoms with Gasteiger partial charge in [0.25, 0.3) is 5.91 Å². The number of rotatable bonds is 6. The second kappa shape index (κ2) is 7.33. The van der Waals surface area contributed by atoms with Gasteiger partial charge in [-0.05, 0) is 20.3 Å². The van der Waals surface area contributed by atoms with Gasteiger partial charge in [0.05, 0.1) is 19.8 Å². The predicted octanol–water partition coefficient (Wildman–Crippen LogP) is 0.504. The van der Waals surface area contributed by atoms with Gasteiger partial charge < -0.3 is 19.5 Å². The van der Waals surface area contributed by atoms with Gasteiger partial charge in [0, 0.05) is 19.0 Å². The molecular weight excluding hydrogens is 238 g/mol. The summed E-state index contributed by atoms with van der Waals surface area (Å²) in [4.78, 5) is 24.3. The Kier molecular flexibility index (Phi) is 6.07. The van der Waals surface area contributed by atoms with Crippen molar-refractivity contribution in [3.63, 3.8) is 0 Å². The third-order valence-corrected chi connectivity index (χ3v) is 2.79. The maximum atomic E-state index is 12.2. The molecule has 0 aromatic carbocycles. The third-order valence-electron chi connectivity index (χ3n) is 2.79. The van der Waals surface area contributed by atoms with Crippen molar-refractivity contribution >= 4 is 11.9 Å². The molecule has 18 heavy (non-hydrogen) atoms. The van der Waals surface area contributed by atoms with Crippen LogP contribution in [0.5, 0.6) is 0 Å². The van der Waals surface area contributed by atoms with Crippen LogP contribution in [-0.4, -0.2) is 60.4 Å². The molecule has 6 heteroatoms. The van der Waals surface area contributed by atoms with E-state index in [2.05, 4.69) is 0 Å². The number of hydrogen-bond donors (Lipinski definition) is 1. The minimum absolute atomic E-state index is 0.0248. The summed E-state index contributed by atoms with van der Waals surface area (Å²) in [5.74, 6) is -0.960. The number of aliphatic carboxylic acids is 1. The van der Waals surface area contributed by atoms with Gasteiger partial charge in [-0.25, -0.2) is 0 Å². The second-order valence-electron chi connectivity index (χ2n) is 4.56. The molecule has 1 atom stereocenters. The van der Waals surface area contributed by atoms with E-state index in [4.69, 9.17) is 14.6 Å². The van der Waals surface area contributed by atoms with Crippen LogP contribution < -0.4 is 0 Å². The van der Waals surface area contributed by atoms with Crippen LogP contribution in [0.25, 0.3) is 0 Å². The minimum Gasteiger partial charge on any atom is -0.481 e. The van der Waals surface area contributed by atoms with E-state index in [0.717, 1.165) is 0 Å². The van der Waals surface area contributed by atoms with Gasteiger partial charge >= 0.3 is 5.97 Å². The van der Waals surface area contributed by atoms with Gasteiger partial charge in [-0.2, -0.15) is 0 Å². The Labute approximate surface area is 107 Å². The zero-order valence-corrected chi connectivity index (χ0v) is 10.9. The zero-order valence-electron chi connectivity index (χ0n) is 10.9. The molecule has 6 nitrogen and oxygen atoms in total. The summed E-state index contributed by atoms with van der Waals surface area (Å²) >= 11 is 0. The number of carboxylic acids is 1.